The molecule has 1 aliphatic heterocycles. The van der Waals surface area contributed by atoms with Gasteiger partial charge in [-0.25, -0.2) is 4.39 Å². The van der Waals surface area contributed by atoms with E-state index in [1.54, 1.807) is 12.1 Å². The molecule has 1 aliphatic rings. The van der Waals surface area contributed by atoms with Crippen LogP contribution in [-0.4, -0.2) is 19.7 Å². The number of ether oxygens (including phenoxy) is 1. The van der Waals surface area contributed by atoms with E-state index in [-0.39, 0.29) is 11.9 Å². The summed E-state index contributed by atoms with van der Waals surface area (Å²) in [5.74, 6) is 0.966. The minimum absolute atomic E-state index is 0.101. The van der Waals surface area contributed by atoms with Gasteiger partial charge in [-0.15, -0.1) is 0 Å². The third-order valence-electron chi connectivity index (χ3n) is 3.94. The van der Waals surface area contributed by atoms with Gasteiger partial charge in [0.2, 0.25) is 0 Å². The van der Waals surface area contributed by atoms with Crippen LogP contribution in [0.15, 0.2) is 18.2 Å². The quantitative estimate of drug-likeness (QED) is 0.884. The zero-order chi connectivity index (χ0) is 14.5. The molecule has 2 rings (SSSR count). The molecule has 1 heterocycles. The van der Waals surface area contributed by atoms with Crippen molar-refractivity contribution in [3.63, 3.8) is 0 Å². The lowest BCUT2D eigenvalue weighted by molar-refractivity contribution is -0.0282. The number of hydrogen-bond donors (Lipinski definition) is 1. The summed E-state index contributed by atoms with van der Waals surface area (Å²) in [7, 11) is 0. The van der Waals surface area contributed by atoms with Crippen molar-refractivity contribution in [2.45, 2.75) is 39.7 Å². The predicted octanol–water partition coefficient (Wildman–Crippen LogP) is 3.85. The normalized spacial score (nSPS) is 23.2. The molecule has 1 fully saturated rings. The molecule has 3 heteroatoms. The number of aryl methyl sites for hydroxylation is 1. The van der Waals surface area contributed by atoms with Crippen molar-refractivity contribution in [3.8, 4) is 0 Å². The van der Waals surface area contributed by atoms with E-state index >= 15 is 0 Å². The largest absolute Gasteiger partial charge is 0.373 e. The highest BCUT2D eigenvalue weighted by molar-refractivity contribution is 5.29. The van der Waals surface area contributed by atoms with Crippen molar-refractivity contribution in [3.05, 3.63) is 35.1 Å². The van der Waals surface area contributed by atoms with Gasteiger partial charge in [0.25, 0.3) is 0 Å². The number of nitrogens with one attached hydrogen (secondary N) is 1. The highest BCUT2D eigenvalue weighted by Gasteiger charge is 2.28. The van der Waals surface area contributed by atoms with Crippen LogP contribution in [-0.2, 0) is 4.74 Å². The fourth-order valence-electron chi connectivity index (χ4n) is 2.91. The summed E-state index contributed by atoms with van der Waals surface area (Å²) < 4.78 is 19.2. The van der Waals surface area contributed by atoms with E-state index in [1.807, 2.05) is 13.0 Å². The smallest absolute Gasteiger partial charge is 0.123 e. The van der Waals surface area contributed by atoms with Gasteiger partial charge in [0.1, 0.15) is 5.82 Å². The number of halogens is 1. The first-order valence-electron chi connectivity index (χ1n) is 7.66. The molecule has 2 atom stereocenters. The Kier molecular flexibility index (Phi) is 5.55. The van der Waals surface area contributed by atoms with Crippen molar-refractivity contribution in [2.24, 2.45) is 11.8 Å². The third kappa shape index (κ3) is 4.03. The highest BCUT2D eigenvalue weighted by atomic mass is 19.1. The minimum atomic E-state index is -0.170. The monoisotopic (exact) mass is 279 g/mol. The second-order valence-corrected chi connectivity index (χ2v) is 6.25. The van der Waals surface area contributed by atoms with Crippen LogP contribution in [0.5, 0.6) is 0 Å². The van der Waals surface area contributed by atoms with Crippen LogP contribution in [0.1, 0.15) is 43.9 Å². The van der Waals surface area contributed by atoms with Crippen LogP contribution >= 0.6 is 0 Å². The number of rotatable bonds is 5. The van der Waals surface area contributed by atoms with Crippen molar-refractivity contribution < 1.29 is 9.13 Å². The molecule has 2 nitrogen and oxygen atoms in total. The zero-order valence-electron chi connectivity index (χ0n) is 12.8. The van der Waals surface area contributed by atoms with Crippen molar-refractivity contribution in [1.82, 2.24) is 5.32 Å². The zero-order valence-corrected chi connectivity index (χ0v) is 12.8. The first-order chi connectivity index (χ1) is 9.58. The number of hydrogen-bond acceptors (Lipinski definition) is 2. The molecule has 0 aliphatic carbocycles. The Labute approximate surface area is 121 Å². The summed E-state index contributed by atoms with van der Waals surface area (Å²) >= 11 is 0. The Bertz CT molecular complexity index is 433. The van der Waals surface area contributed by atoms with Crippen LogP contribution in [0.3, 0.4) is 0 Å². The van der Waals surface area contributed by atoms with Gasteiger partial charge in [-0.1, -0.05) is 19.9 Å². The Balaban J connectivity index is 2.06. The SMILES string of the molecule is Cc1cc(F)ccc1C1OCCCC1CNCC(C)C. The van der Waals surface area contributed by atoms with E-state index in [4.69, 9.17) is 4.74 Å². The molecule has 1 aromatic rings. The molecule has 0 aromatic heterocycles. The lowest BCUT2D eigenvalue weighted by atomic mass is 9.87. The van der Waals surface area contributed by atoms with Crippen LogP contribution in [0.25, 0.3) is 0 Å². The van der Waals surface area contributed by atoms with Crippen LogP contribution in [0.4, 0.5) is 4.39 Å². The molecule has 0 radical (unpaired) electrons. The summed E-state index contributed by atoms with van der Waals surface area (Å²) in [4.78, 5) is 0. The minimum Gasteiger partial charge on any atom is -0.373 e. The molecule has 20 heavy (non-hydrogen) atoms. The Morgan fingerprint density at radius 2 is 2.20 bits per heavy atom. The molecular formula is C17H26FNO. The molecule has 1 aromatic carbocycles. The van der Waals surface area contributed by atoms with E-state index in [0.717, 1.165) is 37.2 Å². The lowest BCUT2D eigenvalue weighted by Gasteiger charge is -2.33. The van der Waals surface area contributed by atoms with Gasteiger partial charge in [-0.2, -0.15) is 0 Å². The molecule has 0 bridgehead atoms. The molecule has 1 saturated heterocycles. The molecule has 0 saturated carbocycles. The molecule has 0 amide bonds. The summed E-state index contributed by atoms with van der Waals surface area (Å²) in [6, 6.07) is 5.03. The van der Waals surface area contributed by atoms with Gasteiger partial charge in [0, 0.05) is 19.1 Å². The topological polar surface area (TPSA) is 21.3 Å². The second kappa shape index (κ2) is 7.19. The molecular weight excluding hydrogens is 253 g/mol. The fourth-order valence-corrected chi connectivity index (χ4v) is 2.91. The van der Waals surface area contributed by atoms with E-state index in [1.165, 1.54) is 6.42 Å². The van der Waals surface area contributed by atoms with Gasteiger partial charge in [0.15, 0.2) is 0 Å². The Hall–Kier alpha value is -0.930. The lowest BCUT2D eigenvalue weighted by Crippen LogP contribution is -2.33. The van der Waals surface area contributed by atoms with E-state index in [9.17, 15) is 4.39 Å². The first-order valence-corrected chi connectivity index (χ1v) is 7.66. The molecule has 112 valence electrons. The summed E-state index contributed by atoms with van der Waals surface area (Å²) in [6.07, 6.45) is 2.39. The average molecular weight is 279 g/mol. The molecule has 1 N–H and O–H groups in total. The van der Waals surface area contributed by atoms with Gasteiger partial charge < -0.3 is 10.1 Å². The van der Waals surface area contributed by atoms with Crippen molar-refractivity contribution in [2.75, 3.05) is 19.7 Å². The first kappa shape index (κ1) is 15.5. The fraction of sp³-hybridized carbons (Fsp3) is 0.647. The second-order valence-electron chi connectivity index (χ2n) is 6.25. The van der Waals surface area contributed by atoms with Gasteiger partial charge in [-0.05, 0) is 55.5 Å². The third-order valence-corrected chi connectivity index (χ3v) is 3.94. The van der Waals surface area contributed by atoms with E-state index in [0.29, 0.717) is 11.8 Å². The van der Waals surface area contributed by atoms with Gasteiger partial charge in [-0.3, -0.25) is 0 Å². The van der Waals surface area contributed by atoms with E-state index in [2.05, 4.69) is 19.2 Å². The Morgan fingerprint density at radius 1 is 1.40 bits per heavy atom. The van der Waals surface area contributed by atoms with Crippen LogP contribution in [0.2, 0.25) is 0 Å². The summed E-state index contributed by atoms with van der Waals surface area (Å²) in [6.45, 7) is 9.21. The average Bonchev–Trinajstić information content (AvgIpc) is 2.39. The molecule has 2 unspecified atom stereocenters. The van der Waals surface area contributed by atoms with Crippen molar-refractivity contribution >= 4 is 0 Å². The predicted molar refractivity (Wildman–Crippen MR) is 80.3 cm³/mol. The summed E-state index contributed by atoms with van der Waals surface area (Å²) in [5, 5.41) is 3.53. The number of benzene rings is 1. The Morgan fingerprint density at radius 3 is 2.90 bits per heavy atom. The maximum Gasteiger partial charge on any atom is 0.123 e. The van der Waals surface area contributed by atoms with Crippen LogP contribution in [0, 0.1) is 24.6 Å². The van der Waals surface area contributed by atoms with E-state index < -0.39 is 0 Å². The van der Waals surface area contributed by atoms with Crippen LogP contribution < -0.4 is 5.32 Å². The molecule has 0 spiro atoms. The van der Waals surface area contributed by atoms with Gasteiger partial charge >= 0.3 is 0 Å². The van der Waals surface area contributed by atoms with Gasteiger partial charge in [0.05, 0.1) is 6.10 Å². The summed E-state index contributed by atoms with van der Waals surface area (Å²) in [5.41, 5.74) is 2.13. The highest BCUT2D eigenvalue weighted by Crippen LogP contribution is 2.35. The maximum atomic E-state index is 13.3. The van der Waals surface area contributed by atoms with Crippen molar-refractivity contribution in [1.29, 1.82) is 0 Å². The standard InChI is InChI=1S/C17H26FNO/c1-12(2)10-19-11-14-5-4-8-20-17(14)16-7-6-15(18)9-13(16)3/h6-7,9,12,14,17,19H,4-5,8,10-11H2,1-3H3. The maximum absolute atomic E-state index is 13.3.